The Kier molecular flexibility index (Phi) is 6.33. The summed E-state index contributed by atoms with van der Waals surface area (Å²) in [6.45, 7) is 2.62. The van der Waals surface area contributed by atoms with Gasteiger partial charge in [-0.1, -0.05) is 30.3 Å². The molecule has 0 saturated carbocycles. The average Bonchev–Trinajstić information content (AvgIpc) is 2.68. The summed E-state index contributed by atoms with van der Waals surface area (Å²) in [5.74, 6) is 3.24. The maximum atomic E-state index is 6.13. The highest BCUT2D eigenvalue weighted by Gasteiger charge is 2.12. The zero-order chi connectivity index (χ0) is 18.2. The van der Waals surface area contributed by atoms with Crippen molar-refractivity contribution in [1.29, 1.82) is 0 Å². The van der Waals surface area contributed by atoms with Crippen LogP contribution in [0.1, 0.15) is 18.6 Å². The average molecular weight is 361 g/mol. The van der Waals surface area contributed by atoms with Gasteiger partial charge in [0.25, 0.3) is 0 Å². The van der Waals surface area contributed by atoms with Gasteiger partial charge in [-0.25, -0.2) is 0 Å². The molecule has 1 atom stereocenters. The molecule has 0 bridgehead atoms. The third-order valence-corrected chi connectivity index (χ3v) is 4.18. The minimum atomic E-state index is -0.121. The lowest BCUT2D eigenvalue weighted by Gasteiger charge is -2.19. The van der Waals surface area contributed by atoms with Crippen molar-refractivity contribution in [1.82, 2.24) is 0 Å². The summed E-state index contributed by atoms with van der Waals surface area (Å²) in [5.41, 5.74) is 1.04. The number of para-hydroxylation sites is 1. The van der Waals surface area contributed by atoms with Gasteiger partial charge in [-0.2, -0.15) is 0 Å². The lowest BCUT2D eigenvalue weighted by atomic mass is 10.1. The first kappa shape index (κ1) is 18.1. The number of rotatable bonds is 8. The monoisotopic (exact) mass is 361 g/mol. The molecule has 131 valence electrons. The molecule has 26 heavy (non-hydrogen) atoms. The number of benzene rings is 3. The van der Waals surface area contributed by atoms with Gasteiger partial charge in [0.2, 0.25) is 0 Å². The fourth-order valence-electron chi connectivity index (χ4n) is 2.58. The highest BCUT2D eigenvalue weighted by Crippen LogP contribution is 2.29. The Bertz CT molecular complexity index is 803. The molecule has 0 aliphatic carbocycles. The summed E-state index contributed by atoms with van der Waals surface area (Å²) >= 11 is 0. The molecule has 0 N–H and O–H groups in total. The topological polar surface area (TPSA) is 27.7 Å². The van der Waals surface area contributed by atoms with E-state index in [4.69, 9.17) is 14.2 Å². The highest BCUT2D eigenvalue weighted by molar-refractivity contribution is 6.08. The molecule has 4 heteroatoms. The first-order valence-corrected chi connectivity index (χ1v) is 9.36. The van der Waals surface area contributed by atoms with Crippen molar-refractivity contribution in [3.05, 3.63) is 84.4 Å². The normalized spacial score (nSPS) is 11.6. The van der Waals surface area contributed by atoms with Crippen LogP contribution in [0.25, 0.3) is 0 Å². The lowest BCUT2D eigenvalue weighted by molar-refractivity contribution is 0.226. The van der Waals surface area contributed by atoms with E-state index in [0.717, 1.165) is 28.6 Å². The van der Waals surface area contributed by atoms with Gasteiger partial charge in [-0.05, 0) is 67.1 Å². The Labute approximate surface area is 158 Å². The Morgan fingerprint density at radius 1 is 0.769 bits per heavy atom. The van der Waals surface area contributed by atoms with Crippen LogP contribution in [-0.4, -0.2) is 16.8 Å². The molecule has 0 aromatic heterocycles. The molecule has 3 rings (SSSR count). The van der Waals surface area contributed by atoms with Gasteiger partial charge in [0.1, 0.15) is 29.1 Å². The predicted octanol–water partition coefficient (Wildman–Crippen LogP) is 5.58. The van der Waals surface area contributed by atoms with E-state index >= 15 is 0 Å². The summed E-state index contributed by atoms with van der Waals surface area (Å²) in [4.78, 5) is 0. The van der Waals surface area contributed by atoms with E-state index in [1.807, 2.05) is 85.8 Å². The standard InChI is InChI=1S/C22H21O3Si/c1-2-23-18-11-13-20(14-12-18)25-22(16-26)17-7-6-10-21(15-17)24-19-8-4-3-5-9-19/h3-15,22H,2,16H2,1H3. The fraction of sp³-hybridized carbons (Fsp3) is 0.182. The zero-order valence-corrected chi connectivity index (χ0v) is 15.7. The summed E-state index contributed by atoms with van der Waals surface area (Å²) < 4.78 is 17.5. The second-order valence-electron chi connectivity index (χ2n) is 5.70. The van der Waals surface area contributed by atoms with Crippen LogP contribution in [-0.2, 0) is 0 Å². The first-order valence-electron chi connectivity index (χ1n) is 8.65. The van der Waals surface area contributed by atoms with E-state index in [-0.39, 0.29) is 6.10 Å². The molecule has 0 saturated heterocycles. The Morgan fingerprint density at radius 3 is 2.15 bits per heavy atom. The second kappa shape index (κ2) is 9.11. The molecule has 0 amide bonds. The van der Waals surface area contributed by atoms with Crippen molar-refractivity contribution in [2.75, 3.05) is 6.61 Å². The third-order valence-electron chi connectivity index (χ3n) is 3.81. The minimum Gasteiger partial charge on any atom is -0.494 e. The van der Waals surface area contributed by atoms with Crippen LogP contribution in [0.5, 0.6) is 23.0 Å². The van der Waals surface area contributed by atoms with E-state index in [9.17, 15) is 0 Å². The number of hydrogen-bond acceptors (Lipinski definition) is 3. The molecule has 3 aromatic carbocycles. The summed E-state index contributed by atoms with van der Waals surface area (Å²) in [6, 6.07) is 26.0. The van der Waals surface area contributed by atoms with Crippen LogP contribution in [0.4, 0.5) is 0 Å². The van der Waals surface area contributed by atoms with Gasteiger partial charge < -0.3 is 14.2 Å². The van der Waals surface area contributed by atoms with Gasteiger partial charge in [0.15, 0.2) is 0 Å². The SMILES string of the molecule is CCOc1ccc(OC(C[Si])c2cccc(Oc3ccccc3)c2)cc1. The predicted molar refractivity (Wildman–Crippen MR) is 104 cm³/mol. The van der Waals surface area contributed by atoms with Gasteiger partial charge >= 0.3 is 0 Å². The van der Waals surface area contributed by atoms with Crippen molar-refractivity contribution < 1.29 is 14.2 Å². The Hall–Kier alpha value is -2.72. The number of ether oxygens (including phenoxy) is 3. The molecule has 1 unspecified atom stereocenters. The second-order valence-corrected chi connectivity index (χ2v) is 6.11. The Morgan fingerprint density at radius 2 is 1.46 bits per heavy atom. The maximum absolute atomic E-state index is 6.13. The number of hydrogen-bond donors (Lipinski definition) is 0. The van der Waals surface area contributed by atoms with Gasteiger partial charge in [0.05, 0.1) is 6.61 Å². The molecule has 3 radical (unpaired) electrons. The molecular weight excluding hydrogens is 340 g/mol. The van der Waals surface area contributed by atoms with Gasteiger partial charge in [0, 0.05) is 10.2 Å². The first-order chi connectivity index (χ1) is 12.8. The third kappa shape index (κ3) is 4.89. The Balaban J connectivity index is 1.72. The van der Waals surface area contributed by atoms with Crippen molar-refractivity contribution in [2.45, 2.75) is 19.1 Å². The van der Waals surface area contributed by atoms with E-state index in [1.54, 1.807) is 0 Å². The summed E-state index contributed by atoms with van der Waals surface area (Å²) in [6.07, 6.45) is -0.121. The van der Waals surface area contributed by atoms with Gasteiger partial charge in [-0.3, -0.25) is 0 Å². The van der Waals surface area contributed by atoms with E-state index in [2.05, 4.69) is 10.2 Å². The van der Waals surface area contributed by atoms with Crippen LogP contribution in [0, 0.1) is 0 Å². The van der Waals surface area contributed by atoms with Crippen LogP contribution in [0.15, 0.2) is 78.9 Å². The highest BCUT2D eigenvalue weighted by atomic mass is 28.1. The van der Waals surface area contributed by atoms with Crippen LogP contribution < -0.4 is 14.2 Å². The van der Waals surface area contributed by atoms with E-state index in [1.165, 1.54) is 0 Å². The van der Waals surface area contributed by atoms with E-state index < -0.39 is 0 Å². The fourth-order valence-corrected chi connectivity index (χ4v) is 2.89. The smallest absolute Gasteiger partial charge is 0.127 e. The molecule has 0 aliphatic rings. The van der Waals surface area contributed by atoms with Crippen LogP contribution in [0.2, 0.25) is 6.04 Å². The minimum absolute atomic E-state index is 0.121. The lowest BCUT2D eigenvalue weighted by Crippen LogP contribution is -2.07. The molecule has 0 heterocycles. The quantitative estimate of drug-likeness (QED) is 0.490. The molecule has 0 fully saturated rings. The molecule has 3 nitrogen and oxygen atoms in total. The van der Waals surface area contributed by atoms with Crippen LogP contribution in [0.3, 0.4) is 0 Å². The van der Waals surface area contributed by atoms with E-state index in [0.29, 0.717) is 12.7 Å². The van der Waals surface area contributed by atoms with Crippen LogP contribution >= 0.6 is 0 Å². The molecule has 3 aromatic rings. The van der Waals surface area contributed by atoms with Gasteiger partial charge in [-0.15, -0.1) is 0 Å². The van der Waals surface area contributed by atoms with Crippen molar-refractivity contribution in [3.63, 3.8) is 0 Å². The van der Waals surface area contributed by atoms with Crippen molar-refractivity contribution >= 4 is 10.2 Å². The van der Waals surface area contributed by atoms with Crippen molar-refractivity contribution in [3.8, 4) is 23.0 Å². The summed E-state index contributed by atoms with van der Waals surface area (Å²) in [7, 11) is 3.60. The van der Waals surface area contributed by atoms with Crippen molar-refractivity contribution in [2.24, 2.45) is 0 Å². The molecular formula is C22H21O3Si. The summed E-state index contributed by atoms with van der Waals surface area (Å²) in [5, 5.41) is 0. The maximum Gasteiger partial charge on any atom is 0.127 e. The largest absolute Gasteiger partial charge is 0.494 e. The molecule has 0 aliphatic heterocycles. The molecule has 0 spiro atoms. The zero-order valence-electron chi connectivity index (χ0n) is 14.7.